The SMILES string of the molecule is Cc1nc(Br)cc(C2CCOCC2)n1. The summed E-state index contributed by atoms with van der Waals surface area (Å²) in [6, 6.07) is 2.02. The first-order valence-corrected chi connectivity index (χ1v) is 5.64. The normalized spacial score (nSPS) is 18.4. The van der Waals surface area contributed by atoms with Crippen molar-refractivity contribution in [3.63, 3.8) is 0 Å². The zero-order chi connectivity index (χ0) is 9.97. The summed E-state index contributed by atoms with van der Waals surface area (Å²) in [4.78, 5) is 8.66. The van der Waals surface area contributed by atoms with Crippen molar-refractivity contribution in [1.82, 2.24) is 9.97 Å². The molecule has 0 aromatic carbocycles. The van der Waals surface area contributed by atoms with Crippen molar-refractivity contribution in [3.8, 4) is 0 Å². The Kier molecular flexibility index (Phi) is 3.13. The number of halogens is 1. The van der Waals surface area contributed by atoms with Gasteiger partial charge in [0, 0.05) is 24.8 Å². The van der Waals surface area contributed by atoms with E-state index in [4.69, 9.17) is 4.74 Å². The van der Waals surface area contributed by atoms with Crippen molar-refractivity contribution in [1.29, 1.82) is 0 Å². The Morgan fingerprint density at radius 3 is 2.71 bits per heavy atom. The van der Waals surface area contributed by atoms with E-state index >= 15 is 0 Å². The summed E-state index contributed by atoms with van der Waals surface area (Å²) in [5.41, 5.74) is 1.15. The smallest absolute Gasteiger partial charge is 0.126 e. The highest BCUT2D eigenvalue weighted by Gasteiger charge is 2.17. The van der Waals surface area contributed by atoms with E-state index in [-0.39, 0.29) is 0 Å². The Morgan fingerprint density at radius 2 is 2.07 bits per heavy atom. The predicted molar refractivity (Wildman–Crippen MR) is 57.3 cm³/mol. The van der Waals surface area contributed by atoms with Gasteiger partial charge in [-0.1, -0.05) is 0 Å². The molecule has 76 valence electrons. The van der Waals surface area contributed by atoms with Gasteiger partial charge in [-0.15, -0.1) is 0 Å². The van der Waals surface area contributed by atoms with E-state index in [9.17, 15) is 0 Å². The van der Waals surface area contributed by atoms with Crippen LogP contribution in [0.1, 0.15) is 30.3 Å². The van der Waals surface area contributed by atoms with E-state index in [0.29, 0.717) is 5.92 Å². The number of aromatic nitrogens is 2. The molecular weight excluding hydrogens is 244 g/mol. The molecule has 0 radical (unpaired) electrons. The highest BCUT2D eigenvalue weighted by atomic mass is 79.9. The average molecular weight is 257 g/mol. The molecule has 4 heteroatoms. The lowest BCUT2D eigenvalue weighted by molar-refractivity contribution is 0.0844. The van der Waals surface area contributed by atoms with E-state index in [1.54, 1.807) is 0 Å². The molecule has 1 saturated heterocycles. The van der Waals surface area contributed by atoms with Gasteiger partial charge in [0.2, 0.25) is 0 Å². The van der Waals surface area contributed by atoms with Crippen LogP contribution in [0.4, 0.5) is 0 Å². The largest absolute Gasteiger partial charge is 0.381 e. The van der Waals surface area contributed by atoms with Gasteiger partial charge in [-0.25, -0.2) is 9.97 Å². The number of hydrogen-bond donors (Lipinski definition) is 0. The van der Waals surface area contributed by atoms with E-state index in [2.05, 4.69) is 25.9 Å². The maximum atomic E-state index is 5.33. The number of nitrogens with zero attached hydrogens (tertiary/aromatic N) is 2. The van der Waals surface area contributed by atoms with E-state index in [1.807, 2.05) is 13.0 Å². The minimum absolute atomic E-state index is 0.543. The fraction of sp³-hybridized carbons (Fsp3) is 0.600. The molecule has 0 aliphatic carbocycles. The van der Waals surface area contributed by atoms with Gasteiger partial charge in [-0.05, 0) is 41.8 Å². The molecule has 0 spiro atoms. The highest BCUT2D eigenvalue weighted by Crippen LogP contribution is 2.26. The second-order valence-electron chi connectivity index (χ2n) is 3.55. The summed E-state index contributed by atoms with van der Waals surface area (Å²) in [5, 5.41) is 0. The van der Waals surface area contributed by atoms with Gasteiger partial charge in [0.1, 0.15) is 10.4 Å². The fourth-order valence-electron chi connectivity index (χ4n) is 1.76. The molecule has 1 aromatic heterocycles. The summed E-state index contributed by atoms with van der Waals surface area (Å²) in [6.07, 6.45) is 2.14. The molecule has 2 heterocycles. The first-order chi connectivity index (χ1) is 6.75. The molecule has 1 aliphatic rings. The lowest BCUT2D eigenvalue weighted by Gasteiger charge is -2.21. The van der Waals surface area contributed by atoms with Crippen molar-refractivity contribution in [2.75, 3.05) is 13.2 Å². The van der Waals surface area contributed by atoms with E-state index < -0.39 is 0 Å². The monoisotopic (exact) mass is 256 g/mol. The molecule has 1 aromatic rings. The van der Waals surface area contributed by atoms with Gasteiger partial charge >= 0.3 is 0 Å². The average Bonchev–Trinajstić information content (AvgIpc) is 2.18. The lowest BCUT2D eigenvalue weighted by Crippen LogP contribution is -2.15. The van der Waals surface area contributed by atoms with Crippen molar-refractivity contribution in [2.45, 2.75) is 25.7 Å². The maximum Gasteiger partial charge on any atom is 0.126 e. The van der Waals surface area contributed by atoms with Crippen LogP contribution >= 0.6 is 15.9 Å². The molecule has 0 saturated carbocycles. The van der Waals surface area contributed by atoms with Gasteiger partial charge in [0.25, 0.3) is 0 Å². The Hall–Kier alpha value is -0.480. The van der Waals surface area contributed by atoms with Crippen molar-refractivity contribution >= 4 is 15.9 Å². The highest BCUT2D eigenvalue weighted by molar-refractivity contribution is 9.10. The minimum atomic E-state index is 0.543. The molecule has 1 aliphatic heterocycles. The zero-order valence-electron chi connectivity index (χ0n) is 8.16. The summed E-state index contributed by atoms with van der Waals surface area (Å²) in [5.74, 6) is 1.38. The molecule has 3 nitrogen and oxygen atoms in total. The van der Waals surface area contributed by atoms with Crippen molar-refractivity contribution < 1.29 is 4.74 Å². The van der Waals surface area contributed by atoms with E-state index in [1.165, 1.54) is 0 Å². The van der Waals surface area contributed by atoms with Gasteiger partial charge in [-0.2, -0.15) is 0 Å². The van der Waals surface area contributed by atoms with Crippen molar-refractivity contribution in [2.24, 2.45) is 0 Å². The Labute approximate surface area is 92.0 Å². The first kappa shape index (κ1) is 10.1. The molecular formula is C10H13BrN2O. The number of hydrogen-bond acceptors (Lipinski definition) is 3. The maximum absolute atomic E-state index is 5.33. The quantitative estimate of drug-likeness (QED) is 0.725. The third-order valence-corrected chi connectivity index (χ3v) is 2.87. The molecule has 0 bridgehead atoms. The van der Waals surface area contributed by atoms with Crippen LogP contribution in [0.5, 0.6) is 0 Å². The molecule has 0 N–H and O–H groups in total. The molecule has 0 atom stereocenters. The van der Waals surface area contributed by atoms with Gasteiger partial charge in [-0.3, -0.25) is 0 Å². The van der Waals surface area contributed by atoms with Crippen LogP contribution < -0.4 is 0 Å². The minimum Gasteiger partial charge on any atom is -0.381 e. The van der Waals surface area contributed by atoms with Crippen molar-refractivity contribution in [3.05, 3.63) is 22.2 Å². The summed E-state index contributed by atoms with van der Waals surface area (Å²) in [6.45, 7) is 3.63. The van der Waals surface area contributed by atoms with Gasteiger partial charge < -0.3 is 4.74 Å². The molecule has 0 amide bonds. The number of rotatable bonds is 1. The second kappa shape index (κ2) is 4.36. The third-order valence-electron chi connectivity index (χ3n) is 2.47. The number of ether oxygens (including phenoxy) is 1. The molecule has 14 heavy (non-hydrogen) atoms. The molecule has 0 unspecified atom stereocenters. The lowest BCUT2D eigenvalue weighted by atomic mass is 9.96. The first-order valence-electron chi connectivity index (χ1n) is 4.84. The summed E-state index contributed by atoms with van der Waals surface area (Å²) < 4.78 is 6.21. The summed E-state index contributed by atoms with van der Waals surface area (Å²) in [7, 11) is 0. The van der Waals surface area contributed by atoms with Gasteiger partial charge in [0.05, 0.1) is 0 Å². The zero-order valence-corrected chi connectivity index (χ0v) is 9.75. The number of aryl methyl sites for hydroxylation is 1. The van der Waals surface area contributed by atoms with Crippen LogP contribution in [-0.4, -0.2) is 23.2 Å². The Morgan fingerprint density at radius 1 is 1.36 bits per heavy atom. The summed E-state index contributed by atoms with van der Waals surface area (Å²) >= 11 is 3.40. The van der Waals surface area contributed by atoms with Crippen LogP contribution in [0.3, 0.4) is 0 Å². The van der Waals surface area contributed by atoms with Crippen LogP contribution in [0, 0.1) is 6.92 Å². The standard InChI is InChI=1S/C10H13BrN2O/c1-7-12-9(6-10(11)13-7)8-2-4-14-5-3-8/h6,8H,2-5H2,1H3. The van der Waals surface area contributed by atoms with Crippen LogP contribution in [-0.2, 0) is 4.74 Å². The fourth-order valence-corrected chi connectivity index (χ4v) is 2.25. The third kappa shape index (κ3) is 2.30. The molecule has 1 fully saturated rings. The van der Waals surface area contributed by atoms with Gasteiger partial charge in [0.15, 0.2) is 0 Å². The predicted octanol–water partition coefficient (Wildman–Crippen LogP) is 2.44. The van der Waals surface area contributed by atoms with Crippen LogP contribution in [0.2, 0.25) is 0 Å². The Bertz CT molecular complexity index is 304. The van der Waals surface area contributed by atoms with Crippen LogP contribution in [0.15, 0.2) is 10.7 Å². The topological polar surface area (TPSA) is 35.0 Å². The second-order valence-corrected chi connectivity index (χ2v) is 4.36. The van der Waals surface area contributed by atoms with Crippen LogP contribution in [0.25, 0.3) is 0 Å². The Balaban J connectivity index is 2.21. The molecule has 2 rings (SSSR count). The van der Waals surface area contributed by atoms with E-state index in [0.717, 1.165) is 42.2 Å².